The van der Waals surface area contributed by atoms with Crippen LogP contribution in [0.4, 0.5) is 4.39 Å². The van der Waals surface area contributed by atoms with Gasteiger partial charge in [0.05, 0.1) is 35.1 Å². The molecular weight excluding hydrogens is 399 g/mol. The SMILES string of the molecule is CCOC(=O)Cn1c(=NC(=O)c2ccccc2F)sc2cc(C(=O)OC)ccc21. The predicted molar refractivity (Wildman–Crippen MR) is 104 cm³/mol. The van der Waals surface area contributed by atoms with Crippen LogP contribution < -0.4 is 4.80 Å². The van der Waals surface area contributed by atoms with Gasteiger partial charge in [0.25, 0.3) is 5.91 Å². The predicted octanol–water partition coefficient (Wildman–Crippen LogP) is 2.93. The van der Waals surface area contributed by atoms with Crippen LogP contribution in [0.15, 0.2) is 47.5 Å². The average molecular weight is 416 g/mol. The molecule has 1 amide bonds. The molecule has 150 valence electrons. The van der Waals surface area contributed by atoms with Crippen LogP contribution in [0.2, 0.25) is 0 Å². The molecule has 0 fully saturated rings. The van der Waals surface area contributed by atoms with Gasteiger partial charge in [0, 0.05) is 0 Å². The van der Waals surface area contributed by atoms with Gasteiger partial charge in [-0.2, -0.15) is 4.99 Å². The number of benzene rings is 2. The Hall–Kier alpha value is -3.33. The van der Waals surface area contributed by atoms with Crippen LogP contribution in [0.3, 0.4) is 0 Å². The number of aromatic nitrogens is 1. The lowest BCUT2D eigenvalue weighted by molar-refractivity contribution is -0.143. The zero-order valence-electron chi connectivity index (χ0n) is 15.7. The maximum atomic E-state index is 13.9. The molecule has 29 heavy (non-hydrogen) atoms. The van der Waals surface area contributed by atoms with Gasteiger partial charge in [0.2, 0.25) is 0 Å². The standard InChI is InChI=1S/C20H17FN2O5S/c1-3-28-17(24)11-23-15-9-8-12(19(26)27-2)10-16(15)29-20(23)22-18(25)13-6-4-5-7-14(13)21/h4-10H,3,11H2,1-2H3. The minimum atomic E-state index is -0.777. The highest BCUT2D eigenvalue weighted by atomic mass is 32.1. The summed E-state index contributed by atoms with van der Waals surface area (Å²) in [5.41, 5.74) is 0.718. The van der Waals surface area contributed by atoms with E-state index in [1.807, 2.05) is 0 Å². The maximum absolute atomic E-state index is 13.9. The van der Waals surface area contributed by atoms with Crippen LogP contribution in [0.5, 0.6) is 0 Å². The molecule has 0 saturated heterocycles. The molecule has 1 aromatic heterocycles. The van der Waals surface area contributed by atoms with Crippen molar-refractivity contribution in [3.8, 4) is 0 Å². The molecular formula is C20H17FN2O5S. The highest BCUT2D eigenvalue weighted by Crippen LogP contribution is 2.20. The Morgan fingerprint density at radius 3 is 2.62 bits per heavy atom. The Kier molecular flexibility index (Phi) is 6.18. The van der Waals surface area contributed by atoms with Crippen molar-refractivity contribution in [2.75, 3.05) is 13.7 Å². The second-order valence-electron chi connectivity index (χ2n) is 5.85. The van der Waals surface area contributed by atoms with Crippen molar-refractivity contribution in [1.29, 1.82) is 0 Å². The van der Waals surface area contributed by atoms with Crippen LogP contribution in [0, 0.1) is 5.82 Å². The molecule has 2 aromatic carbocycles. The number of amides is 1. The van der Waals surface area contributed by atoms with Crippen molar-refractivity contribution in [2.24, 2.45) is 4.99 Å². The summed E-state index contributed by atoms with van der Waals surface area (Å²) in [6.45, 7) is 1.70. The van der Waals surface area contributed by atoms with Gasteiger partial charge in [-0.15, -0.1) is 0 Å². The van der Waals surface area contributed by atoms with Gasteiger partial charge in [-0.25, -0.2) is 9.18 Å². The lowest BCUT2D eigenvalue weighted by Crippen LogP contribution is -2.23. The highest BCUT2D eigenvalue weighted by molar-refractivity contribution is 7.16. The first kappa shape index (κ1) is 20.4. The fourth-order valence-corrected chi connectivity index (χ4v) is 3.74. The third-order valence-electron chi connectivity index (χ3n) is 4.00. The van der Waals surface area contributed by atoms with Gasteiger partial charge in [0.15, 0.2) is 4.80 Å². The number of fused-ring (bicyclic) bond motifs is 1. The van der Waals surface area contributed by atoms with Gasteiger partial charge in [-0.1, -0.05) is 23.5 Å². The number of halogens is 1. The number of carbonyl (C=O) groups is 3. The van der Waals surface area contributed by atoms with Crippen molar-refractivity contribution in [3.05, 3.63) is 64.2 Å². The second kappa shape index (κ2) is 8.78. The number of thiazole rings is 1. The zero-order chi connectivity index (χ0) is 21.0. The molecule has 0 saturated carbocycles. The van der Waals surface area contributed by atoms with Crippen molar-refractivity contribution >= 4 is 39.4 Å². The quantitative estimate of drug-likeness (QED) is 0.597. The largest absolute Gasteiger partial charge is 0.465 e. The van der Waals surface area contributed by atoms with E-state index >= 15 is 0 Å². The van der Waals surface area contributed by atoms with E-state index in [4.69, 9.17) is 9.47 Å². The molecule has 0 aliphatic heterocycles. The summed E-state index contributed by atoms with van der Waals surface area (Å²) >= 11 is 1.09. The van der Waals surface area contributed by atoms with E-state index in [0.29, 0.717) is 15.8 Å². The maximum Gasteiger partial charge on any atom is 0.337 e. The number of hydrogen-bond acceptors (Lipinski definition) is 6. The first-order chi connectivity index (χ1) is 13.9. The van der Waals surface area contributed by atoms with E-state index in [1.165, 1.54) is 35.9 Å². The first-order valence-corrected chi connectivity index (χ1v) is 9.47. The number of ether oxygens (including phenoxy) is 2. The molecule has 1 heterocycles. The van der Waals surface area contributed by atoms with E-state index in [2.05, 4.69) is 4.99 Å². The molecule has 0 N–H and O–H groups in total. The molecule has 0 unspecified atom stereocenters. The van der Waals surface area contributed by atoms with Crippen molar-refractivity contribution < 1.29 is 28.2 Å². The second-order valence-corrected chi connectivity index (χ2v) is 6.86. The van der Waals surface area contributed by atoms with E-state index in [-0.39, 0.29) is 23.5 Å². The van der Waals surface area contributed by atoms with Crippen molar-refractivity contribution in [3.63, 3.8) is 0 Å². The molecule has 9 heteroatoms. The summed E-state index contributed by atoms with van der Waals surface area (Å²) in [6, 6.07) is 10.3. The van der Waals surface area contributed by atoms with Crippen LogP contribution >= 0.6 is 11.3 Å². The van der Waals surface area contributed by atoms with Crippen molar-refractivity contribution in [2.45, 2.75) is 13.5 Å². The van der Waals surface area contributed by atoms with Crippen LogP contribution in [0.1, 0.15) is 27.6 Å². The Morgan fingerprint density at radius 2 is 1.93 bits per heavy atom. The van der Waals surface area contributed by atoms with E-state index in [0.717, 1.165) is 11.3 Å². The van der Waals surface area contributed by atoms with Gasteiger partial charge in [0.1, 0.15) is 12.4 Å². The van der Waals surface area contributed by atoms with Crippen LogP contribution in [-0.4, -0.2) is 36.1 Å². The molecule has 3 aromatic rings. The Morgan fingerprint density at radius 1 is 1.17 bits per heavy atom. The Bertz CT molecular complexity index is 1170. The van der Waals surface area contributed by atoms with E-state index < -0.39 is 23.7 Å². The fraction of sp³-hybridized carbons (Fsp3) is 0.200. The number of hydrogen-bond donors (Lipinski definition) is 0. The summed E-state index contributed by atoms with van der Waals surface area (Å²) < 4.78 is 25.7. The molecule has 0 spiro atoms. The summed E-state index contributed by atoms with van der Waals surface area (Å²) in [6.07, 6.45) is 0. The molecule has 0 aliphatic rings. The topological polar surface area (TPSA) is 87.0 Å². The lowest BCUT2D eigenvalue weighted by atomic mass is 10.2. The monoisotopic (exact) mass is 416 g/mol. The molecule has 0 bridgehead atoms. The number of carbonyl (C=O) groups excluding carboxylic acids is 3. The summed E-state index contributed by atoms with van der Waals surface area (Å²) in [4.78, 5) is 40.5. The van der Waals surface area contributed by atoms with Crippen LogP contribution in [0.25, 0.3) is 10.2 Å². The summed E-state index contributed by atoms with van der Waals surface area (Å²) in [5.74, 6) is -2.49. The van der Waals surface area contributed by atoms with Gasteiger partial charge >= 0.3 is 11.9 Å². The van der Waals surface area contributed by atoms with Gasteiger partial charge < -0.3 is 14.0 Å². The third-order valence-corrected chi connectivity index (χ3v) is 5.04. The summed E-state index contributed by atoms with van der Waals surface area (Å²) in [7, 11) is 1.27. The minimum Gasteiger partial charge on any atom is -0.465 e. The van der Waals surface area contributed by atoms with Crippen molar-refractivity contribution in [1.82, 2.24) is 4.57 Å². The third kappa shape index (κ3) is 4.40. The van der Waals surface area contributed by atoms with E-state index in [9.17, 15) is 18.8 Å². The number of nitrogens with zero attached hydrogens (tertiary/aromatic N) is 2. The molecule has 0 aliphatic carbocycles. The first-order valence-electron chi connectivity index (χ1n) is 8.65. The number of methoxy groups -OCH3 is 1. The van der Waals surface area contributed by atoms with Gasteiger partial charge in [-0.05, 0) is 37.3 Å². The molecule has 0 radical (unpaired) electrons. The van der Waals surface area contributed by atoms with Crippen LogP contribution in [-0.2, 0) is 20.8 Å². The summed E-state index contributed by atoms with van der Waals surface area (Å²) in [5, 5.41) is 0. The Labute approximate surface area is 169 Å². The normalized spacial score (nSPS) is 11.5. The average Bonchev–Trinajstić information content (AvgIpc) is 3.03. The Balaban J connectivity index is 2.15. The number of rotatable bonds is 5. The lowest BCUT2D eigenvalue weighted by Gasteiger charge is -2.05. The fourth-order valence-electron chi connectivity index (χ4n) is 2.67. The zero-order valence-corrected chi connectivity index (χ0v) is 16.5. The molecule has 0 atom stereocenters. The minimum absolute atomic E-state index is 0.178. The highest BCUT2D eigenvalue weighted by Gasteiger charge is 2.16. The number of esters is 2. The molecule has 7 nitrogen and oxygen atoms in total. The smallest absolute Gasteiger partial charge is 0.337 e. The molecule has 3 rings (SSSR count). The van der Waals surface area contributed by atoms with Gasteiger partial charge in [-0.3, -0.25) is 9.59 Å². The van der Waals surface area contributed by atoms with E-state index in [1.54, 1.807) is 25.1 Å².